The molecule has 0 atom stereocenters. The largest absolute Gasteiger partial charge is 0.363 e. The Balaban J connectivity index is 1.60. The van der Waals surface area contributed by atoms with E-state index in [4.69, 9.17) is 0 Å². The SMILES string of the molecule is O=C(CN1CCN(c2ccc([N+](=O)[O-])cc2[N+](=O)[O-])CC1)Nc1ccccc1F. The average Bonchev–Trinajstić information content (AvgIpc) is 2.70. The Morgan fingerprint density at radius 1 is 1.03 bits per heavy atom. The van der Waals surface area contributed by atoms with Crippen molar-refractivity contribution in [2.75, 3.05) is 42.9 Å². The van der Waals surface area contributed by atoms with Gasteiger partial charge in [0.15, 0.2) is 0 Å². The molecule has 2 aromatic rings. The van der Waals surface area contributed by atoms with Gasteiger partial charge in [-0.25, -0.2) is 4.39 Å². The van der Waals surface area contributed by atoms with E-state index in [0.29, 0.717) is 31.9 Å². The highest BCUT2D eigenvalue weighted by molar-refractivity contribution is 5.92. The number of amides is 1. The zero-order valence-electron chi connectivity index (χ0n) is 15.3. The van der Waals surface area contributed by atoms with Gasteiger partial charge in [-0.05, 0) is 18.2 Å². The number of carbonyl (C=O) groups excluding carboxylic acids is 1. The van der Waals surface area contributed by atoms with Gasteiger partial charge in [0.1, 0.15) is 11.5 Å². The molecule has 0 aliphatic carbocycles. The molecule has 1 amide bonds. The standard InChI is InChI=1S/C18H18FN5O5/c19-14-3-1-2-4-15(14)20-18(25)12-21-7-9-22(10-8-21)16-6-5-13(23(26)27)11-17(16)24(28)29/h1-6,11H,7-10,12H2,(H,20,25). The van der Waals surface area contributed by atoms with Crippen LogP contribution in [0.2, 0.25) is 0 Å². The number of carbonyl (C=O) groups is 1. The summed E-state index contributed by atoms with van der Waals surface area (Å²) in [6, 6.07) is 9.43. The predicted molar refractivity (Wildman–Crippen MR) is 103 cm³/mol. The van der Waals surface area contributed by atoms with Crippen LogP contribution in [0.4, 0.5) is 27.1 Å². The number of anilines is 2. The molecule has 1 aliphatic heterocycles. The Labute approximate surface area is 164 Å². The average molecular weight is 403 g/mol. The zero-order valence-corrected chi connectivity index (χ0v) is 15.3. The minimum Gasteiger partial charge on any atom is -0.363 e. The maximum absolute atomic E-state index is 13.6. The van der Waals surface area contributed by atoms with Crippen LogP contribution in [-0.4, -0.2) is 53.4 Å². The number of non-ortho nitro benzene ring substituents is 1. The molecule has 0 unspecified atom stereocenters. The molecule has 3 rings (SSSR count). The van der Waals surface area contributed by atoms with Crippen LogP contribution in [0.3, 0.4) is 0 Å². The second kappa shape index (κ2) is 8.61. The second-order valence-corrected chi connectivity index (χ2v) is 6.48. The summed E-state index contributed by atoms with van der Waals surface area (Å²) < 4.78 is 13.6. The summed E-state index contributed by atoms with van der Waals surface area (Å²) in [4.78, 5) is 36.6. The quantitative estimate of drug-likeness (QED) is 0.580. The van der Waals surface area contributed by atoms with Crippen LogP contribution >= 0.6 is 0 Å². The zero-order chi connectivity index (χ0) is 21.0. The lowest BCUT2D eigenvalue weighted by Crippen LogP contribution is -2.48. The molecular formula is C18H18FN5O5. The number of hydrogen-bond donors (Lipinski definition) is 1. The third kappa shape index (κ3) is 4.82. The van der Waals surface area contributed by atoms with E-state index in [1.165, 1.54) is 30.3 Å². The number of nitro groups is 2. The fourth-order valence-electron chi connectivity index (χ4n) is 3.14. The number of nitrogens with zero attached hydrogens (tertiary/aromatic N) is 4. The summed E-state index contributed by atoms with van der Waals surface area (Å²) in [6.45, 7) is 1.79. The van der Waals surface area contributed by atoms with E-state index in [9.17, 15) is 29.4 Å². The highest BCUT2D eigenvalue weighted by atomic mass is 19.1. The highest BCUT2D eigenvalue weighted by Gasteiger charge is 2.26. The van der Waals surface area contributed by atoms with E-state index in [1.54, 1.807) is 11.0 Å². The van der Waals surface area contributed by atoms with Crippen molar-refractivity contribution in [3.05, 3.63) is 68.5 Å². The first-order chi connectivity index (χ1) is 13.8. The number of hydrogen-bond acceptors (Lipinski definition) is 7. The maximum atomic E-state index is 13.6. The Morgan fingerprint density at radius 2 is 1.72 bits per heavy atom. The Morgan fingerprint density at radius 3 is 2.34 bits per heavy atom. The number of para-hydroxylation sites is 1. The molecule has 1 aliphatic rings. The van der Waals surface area contributed by atoms with Gasteiger partial charge in [-0.15, -0.1) is 0 Å². The van der Waals surface area contributed by atoms with Crippen molar-refractivity contribution >= 4 is 28.7 Å². The maximum Gasteiger partial charge on any atom is 0.299 e. The van der Waals surface area contributed by atoms with Crippen LogP contribution in [-0.2, 0) is 4.79 Å². The molecule has 0 aromatic heterocycles. The molecule has 1 heterocycles. The van der Waals surface area contributed by atoms with E-state index in [0.717, 1.165) is 6.07 Å². The van der Waals surface area contributed by atoms with Crippen LogP contribution in [0, 0.1) is 26.0 Å². The second-order valence-electron chi connectivity index (χ2n) is 6.48. The molecule has 29 heavy (non-hydrogen) atoms. The number of nitrogens with one attached hydrogen (secondary N) is 1. The van der Waals surface area contributed by atoms with Gasteiger partial charge >= 0.3 is 0 Å². The van der Waals surface area contributed by atoms with E-state index in [2.05, 4.69) is 5.32 Å². The van der Waals surface area contributed by atoms with Crippen molar-refractivity contribution < 1.29 is 19.0 Å². The molecule has 0 radical (unpaired) electrons. The summed E-state index contributed by atoms with van der Waals surface area (Å²) in [6.07, 6.45) is 0. The van der Waals surface area contributed by atoms with Crippen molar-refractivity contribution in [2.45, 2.75) is 0 Å². The summed E-state index contributed by atoms with van der Waals surface area (Å²) in [5.74, 6) is -0.874. The van der Waals surface area contributed by atoms with Crippen molar-refractivity contribution in [1.82, 2.24) is 4.90 Å². The Kier molecular flexibility index (Phi) is 5.98. The van der Waals surface area contributed by atoms with E-state index in [-0.39, 0.29) is 29.5 Å². The van der Waals surface area contributed by atoms with Crippen LogP contribution in [0.25, 0.3) is 0 Å². The van der Waals surface area contributed by atoms with Crippen LogP contribution in [0.1, 0.15) is 0 Å². The van der Waals surface area contributed by atoms with Gasteiger partial charge in [0, 0.05) is 32.2 Å². The lowest BCUT2D eigenvalue weighted by Gasteiger charge is -2.35. The van der Waals surface area contributed by atoms with Gasteiger partial charge in [-0.3, -0.25) is 29.9 Å². The first-order valence-electron chi connectivity index (χ1n) is 8.79. The van der Waals surface area contributed by atoms with Gasteiger partial charge in [0.25, 0.3) is 11.4 Å². The molecule has 11 heteroatoms. The highest BCUT2D eigenvalue weighted by Crippen LogP contribution is 2.32. The summed E-state index contributed by atoms with van der Waals surface area (Å²) in [5.41, 5.74) is -0.262. The molecule has 2 aromatic carbocycles. The molecule has 1 fully saturated rings. The minimum atomic E-state index is -0.678. The third-order valence-corrected chi connectivity index (χ3v) is 4.59. The van der Waals surface area contributed by atoms with Crippen molar-refractivity contribution in [3.63, 3.8) is 0 Å². The van der Waals surface area contributed by atoms with Gasteiger partial charge in [-0.1, -0.05) is 12.1 Å². The minimum absolute atomic E-state index is 0.0600. The molecule has 152 valence electrons. The first-order valence-corrected chi connectivity index (χ1v) is 8.79. The van der Waals surface area contributed by atoms with Gasteiger partial charge in [0.05, 0.1) is 28.1 Å². The fourth-order valence-corrected chi connectivity index (χ4v) is 3.14. The lowest BCUT2D eigenvalue weighted by atomic mass is 10.2. The predicted octanol–water partition coefficient (Wildman–Crippen LogP) is 2.40. The number of nitro benzene ring substituents is 2. The van der Waals surface area contributed by atoms with E-state index < -0.39 is 15.7 Å². The topological polar surface area (TPSA) is 122 Å². The molecule has 0 spiro atoms. The monoisotopic (exact) mass is 403 g/mol. The Hall–Kier alpha value is -3.60. The molecule has 1 saturated heterocycles. The van der Waals surface area contributed by atoms with Gasteiger partial charge in [0.2, 0.25) is 5.91 Å². The third-order valence-electron chi connectivity index (χ3n) is 4.59. The molecule has 10 nitrogen and oxygen atoms in total. The number of piperazine rings is 1. The molecule has 1 N–H and O–H groups in total. The smallest absolute Gasteiger partial charge is 0.299 e. The van der Waals surface area contributed by atoms with Gasteiger partial charge < -0.3 is 10.2 Å². The van der Waals surface area contributed by atoms with E-state index in [1.807, 2.05) is 4.90 Å². The van der Waals surface area contributed by atoms with Gasteiger partial charge in [-0.2, -0.15) is 0 Å². The van der Waals surface area contributed by atoms with E-state index >= 15 is 0 Å². The Bertz CT molecular complexity index is 946. The number of halogens is 1. The molecule has 0 saturated carbocycles. The van der Waals surface area contributed by atoms with Crippen molar-refractivity contribution in [3.8, 4) is 0 Å². The summed E-state index contributed by atoms with van der Waals surface area (Å²) in [7, 11) is 0. The van der Waals surface area contributed by atoms with Crippen LogP contribution < -0.4 is 10.2 Å². The fraction of sp³-hybridized carbons (Fsp3) is 0.278. The summed E-state index contributed by atoms with van der Waals surface area (Å²) >= 11 is 0. The summed E-state index contributed by atoms with van der Waals surface area (Å²) in [5, 5.41) is 24.7. The van der Waals surface area contributed by atoms with Crippen molar-refractivity contribution in [2.24, 2.45) is 0 Å². The lowest BCUT2D eigenvalue weighted by molar-refractivity contribution is -0.393. The first kappa shape index (κ1) is 20.1. The number of rotatable bonds is 6. The van der Waals surface area contributed by atoms with Crippen LogP contribution in [0.15, 0.2) is 42.5 Å². The number of benzene rings is 2. The van der Waals surface area contributed by atoms with Crippen LogP contribution in [0.5, 0.6) is 0 Å². The molecule has 0 bridgehead atoms. The molecular weight excluding hydrogens is 385 g/mol. The normalized spacial score (nSPS) is 14.4. The van der Waals surface area contributed by atoms with Crippen molar-refractivity contribution in [1.29, 1.82) is 0 Å².